The molecule has 0 spiro atoms. The van der Waals surface area contributed by atoms with Crippen LogP contribution in [-0.2, 0) is 20.9 Å². The third-order valence-electron chi connectivity index (χ3n) is 5.05. The molecule has 29 heavy (non-hydrogen) atoms. The average Bonchev–Trinajstić information content (AvgIpc) is 2.72. The minimum absolute atomic E-state index is 0.00821. The summed E-state index contributed by atoms with van der Waals surface area (Å²) in [5.74, 6) is 0.975. The number of nitrogens with zero attached hydrogens (tertiary/aromatic N) is 1. The van der Waals surface area contributed by atoms with Gasteiger partial charge in [0, 0.05) is 25.6 Å². The van der Waals surface area contributed by atoms with E-state index in [1.807, 2.05) is 38.1 Å². The normalized spacial score (nSPS) is 15.3. The lowest BCUT2D eigenvalue weighted by atomic mass is 9.96. The number of ether oxygens (including phenoxy) is 2. The topological polar surface area (TPSA) is 79.9 Å². The number of piperidine rings is 1. The molecule has 7 nitrogen and oxygen atoms in total. The van der Waals surface area contributed by atoms with Crippen LogP contribution in [0.3, 0.4) is 0 Å². The van der Waals surface area contributed by atoms with Crippen LogP contribution in [0, 0.1) is 5.92 Å². The van der Waals surface area contributed by atoms with Crippen LogP contribution in [0.4, 0.5) is 0 Å². The van der Waals surface area contributed by atoms with Crippen molar-refractivity contribution >= 4 is 11.8 Å². The maximum Gasteiger partial charge on any atom is 0.234 e. The van der Waals surface area contributed by atoms with Gasteiger partial charge in [0.2, 0.25) is 11.8 Å². The second-order valence-corrected chi connectivity index (χ2v) is 7.74. The first kappa shape index (κ1) is 23.2. The molecule has 1 fully saturated rings. The number of rotatable bonds is 11. The lowest BCUT2D eigenvalue weighted by Gasteiger charge is -2.30. The van der Waals surface area contributed by atoms with Crippen LogP contribution in [0.25, 0.3) is 0 Å². The van der Waals surface area contributed by atoms with E-state index in [1.165, 1.54) is 0 Å². The smallest absolute Gasteiger partial charge is 0.234 e. The van der Waals surface area contributed by atoms with Crippen molar-refractivity contribution in [3.63, 3.8) is 0 Å². The Morgan fingerprint density at radius 1 is 1.14 bits per heavy atom. The molecule has 162 valence electrons. The predicted octanol–water partition coefficient (Wildman–Crippen LogP) is 1.95. The van der Waals surface area contributed by atoms with Gasteiger partial charge in [-0.25, -0.2) is 0 Å². The molecule has 2 N–H and O–H groups in total. The molecule has 0 aliphatic carbocycles. The highest BCUT2D eigenvalue weighted by atomic mass is 16.5. The molecular formula is C22H35N3O4. The molecule has 1 aliphatic rings. The van der Waals surface area contributed by atoms with Gasteiger partial charge >= 0.3 is 0 Å². The Kier molecular flexibility index (Phi) is 9.94. The third kappa shape index (κ3) is 8.83. The monoisotopic (exact) mass is 405 g/mol. The summed E-state index contributed by atoms with van der Waals surface area (Å²) in [5, 5.41) is 5.96. The van der Waals surface area contributed by atoms with E-state index in [0.29, 0.717) is 26.2 Å². The number of hydrogen-bond acceptors (Lipinski definition) is 5. The third-order valence-corrected chi connectivity index (χ3v) is 5.05. The predicted molar refractivity (Wildman–Crippen MR) is 113 cm³/mol. The van der Waals surface area contributed by atoms with Crippen LogP contribution in [0.5, 0.6) is 5.75 Å². The van der Waals surface area contributed by atoms with Gasteiger partial charge in [-0.2, -0.15) is 0 Å². The minimum Gasteiger partial charge on any atom is -0.497 e. The highest BCUT2D eigenvalue weighted by Crippen LogP contribution is 2.17. The second-order valence-electron chi connectivity index (χ2n) is 7.74. The van der Waals surface area contributed by atoms with Gasteiger partial charge in [-0.05, 0) is 63.9 Å². The fraction of sp³-hybridized carbons (Fsp3) is 0.636. The zero-order chi connectivity index (χ0) is 21.1. The molecule has 1 aromatic rings. The lowest BCUT2D eigenvalue weighted by Crippen LogP contribution is -2.44. The number of amides is 2. The van der Waals surface area contributed by atoms with Crippen molar-refractivity contribution in [1.82, 2.24) is 15.5 Å². The Hall–Kier alpha value is -2.12. The fourth-order valence-electron chi connectivity index (χ4n) is 3.30. The van der Waals surface area contributed by atoms with E-state index in [0.717, 1.165) is 43.7 Å². The van der Waals surface area contributed by atoms with Gasteiger partial charge in [0.15, 0.2) is 0 Å². The largest absolute Gasteiger partial charge is 0.497 e. The summed E-state index contributed by atoms with van der Waals surface area (Å²) in [7, 11) is 1.63. The van der Waals surface area contributed by atoms with E-state index in [-0.39, 0.29) is 23.8 Å². The zero-order valence-corrected chi connectivity index (χ0v) is 17.9. The summed E-state index contributed by atoms with van der Waals surface area (Å²) in [6.45, 7) is 7.74. The number of carbonyl (C=O) groups is 2. The highest BCUT2D eigenvalue weighted by molar-refractivity contribution is 5.79. The molecule has 0 unspecified atom stereocenters. The number of benzene rings is 1. The van der Waals surface area contributed by atoms with Gasteiger partial charge in [0.1, 0.15) is 5.75 Å². The molecule has 1 heterocycles. The minimum atomic E-state index is 0.00821. The van der Waals surface area contributed by atoms with Crippen molar-refractivity contribution in [1.29, 1.82) is 0 Å². The SMILES string of the molecule is COc1ccc(CNC(=O)CN2CCC(C(=O)NCCCOC(C)C)CC2)cc1. The molecular weight excluding hydrogens is 370 g/mol. The molecule has 2 rings (SSSR count). The van der Waals surface area contributed by atoms with Gasteiger partial charge in [0.25, 0.3) is 0 Å². The van der Waals surface area contributed by atoms with E-state index in [1.54, 1.807) is 7.11 Å². The van der Waals surface area contributed by atoms with E-state index in [4.69, 9.17) is 9.47 Å². The summed E-state index contributed by atoms with van der Waals surface area (Å²) < 4.78 is 10.6. The summed E-state index contributed by atoms with van der Waals surface area (Å²) in [5.41, 5.74) is 1.04. The van der Waals surface area contributed by atoms with E-state index in [9.17, 15) is 9.59 Å². The first-order valence-electron chi connectivity index (χ1n) is 10.5. The maximum atomic E-state index is 12.3. The van der Waals surface area contributed by atoms with Crippen LogP contribution in [0.15, 0.2) is 24.3 Å². The summed E-state index contributed by atoms with van der Waals surface area (Å²) >= 11 is 0. The van der Waals surface area contributed by atoms with Gasteiger partial charge in [-0.15, -0.1) is 0 Å². The van der Waals surface area contributed by atoms with E-state index >= 15 is 0 Å². The number of carbonyl (C=O) groups excluding carboxylic acids is 2. The molecule has 0 bridgehead atoms. The van der Waals surface area contributed by atoms with Gasteiger partial charge in [-0.3, -0.25) is 14.5 Å². The molecule has 1 aliphatic heterocycles. The average molecular weight is 406 g/mol. The number of nitrogens with one attached hydrogen (secondary N) is 2. The van der Waals surface area contributed by atoms with Crippen LogP contribution in [0.2, 0.25) is 0 Å². The molecule has 1 aromatic carbocycles. The van der Waals surface area contributed by atoms with Gasteiger partial charge in [0.05, 0.1) is 19.8 Å². The van der Waals surface area contributed by atoms with Crippen molar-refractivity contribution in [3.05, 3.63) is 29.8 Å². The Labute approximate surface area is 174 Å². The Morgan fingerprint density at radius 2 is 1.83 bits per heavy atom. The standard InChI is InChI=1S/C22H35N3O4/c1-17(2)29-14-4-11-23-22(27)19-9-12-25(13-10-19)16-21(26)24-15-18-5-7-20(28-3)8-6-18/h5-8,17,19H,4,9-16H2,1-3H3,(H,23,27)(H,24,26). The molecule has 0 aromatic heterocycles. The van der Waals surface area contributed by atoms with Crippen molar-refractivity contribution in [2.75, 3.05) is 39.9 Å². The van der Waals surface area contributed by atoms with Gasteiger partial charge in [-0.1, -0.05) is 12.1 Å². The van der Waals surface area contributed by atoms with Crippen LogP contribution in [-0.4, -0.2) is 62.7 Å². The maximum absolute atomic E-state index is 12.3. The summed E-state index contributed by atoms with van der Waals surface area (Å²) in [6.07, 6.45) is 2.64. The molecule has 1 saturated heterocycles. The van der Waals surface area contributed by atoms with Crippen molar-refractivity contribution < 1.29 is 19.1 Å². The first-order chi connectivity index (χ1) is 14.0. The van der Waals surface area contributed by atoms with Crippen LogP contribution < -0.4 is 15.4 Å². The number of hydrogen-bond donors (Lipinski definition) is 2. The molecule has 7 heteroatoms. The summed E-state index contributed by atoms with van der Waals surface area (Å²) in [6, 6.07) is 7.65. The molecule has 0 radical (unpaired) electrons. The fourth-order valence-corrected chi connectivity index (χ4v) is 3.30. The van der Waals surface area contributed by atoms with Gasteiger partial charge < -0.3 is 20.1 Å². The number of methoxy groups -OCH3 is 1. The van der Waals surface area contributed by atoms with Crippen molar-refractivity contribution in [2.24, 2.45) is 5.92 Å². The summed E-state index contributed by atoms with van der Waals surface area (Å²) in [4.78, 5) is 26.6. The highest BCUT2D eigenvalue weighted by Gasteiger charge is 2.25. The zero-order valence-electron chi connectivity index (χ0n) is 17.9. The Balaban J connectivity index is 1.59. The second kappa shape index (κ2) is 12.4. The van der Waals surface area contributed by atoms with E-state index in [2.05, 4.69) is 15.5 Å². The van der Waals surface area contributed by atoms with Crippen molar-refractivity contribution in [2.45, 2.75) is 45.8 Å². The first-order valence-corrected chi connectivity index (χ1v) is 10.5. The molecule has 2 amide bonds. The number of likely N-dealkylation sites (tertiary alicyclic amines) is 1. The van der Waals surface area contributed by atoms with Crippen molar-refractivity contribution in [3.8, 4) is 5.75 Å². The Bertz CT molecular complexity index is 625. The quantitative estimate of drug-likeness (QED) is 0.550. The molecule has 0 atom stereocenters. The van der Waals surface area contributed by atoms with E-state index < -0.39 is 0 Å². The lowest BCUT2D eigenvalue weighted by molar-refractivity contribution is -0.126. The van der Waals surface area contributed by atoms with Crippen LogP contribution in [0.1, 0.15) is 38.7 Å². The Morgan fingerprint density at radius 3 is 2.45 bits per heavy atom. The molecule has 0 saturated carbocycles. The van der Waals surface area contributed by atoms with Crippen LogP contribution >= 0.6 is 0 Å².